The molecule has 2 saturated carbocycles. The minimum absolute atomic E-state index is 0.138. The first-order chi connectivity index (χ1) is 15.2. The number of benzene rings is 1. The lowest BCUT2D eigenvalue weighted by Gasteiger charge is -2.38. The molecule has 3 atom stereocenters. The molecular weight excluding hydrogens is 384 g/mol. The molecule has 4 aliphatic rings. The molecule has 1 aromatic heterocycles. The normalized spacial score (nSPS) is 27.6. The lowest BCUT2D eigenvalue weighted by molar-refractivity contribution is 0.145. The van der Waals surface area contributed by atoms with Gasteiger partial charge in [-0.2, -0.15) is 0 Å². The molecule has 3 fully saturated rings. The smallest absolute Gasteiger partial charge is 0.132 e. The molecule has 31 heavy (non-hydrogen) atoms. The minimum Gasteiger partial charge on any atom is -0.393 e. The van der Waals surface area contributed by atoms with Gasteiger partial charge in [-0.15, -0.1) is 0 Å². The van der Waals surface area contributed by atoms with Crippen LogP contribution in [0.5, 0.6) is 0 Å². The number of anilines is 4. The van der Waals surface area contributed by atoms with E-state index in [1.807, 2.05) is 6.20 Å². The number of aliphatic hydroxyl groups excluding tert-OH is 1. The van der Waals surface area contributed by atoms with Gasteiger partial charge in [0.05, 0.1) is 6.10 Å². The Kier molecular flexibility index (Phi) is 4.87. The first-order valence-electron chi connectivity index (χ1n) is 12.0. The van der Waals surface area contributed by atoms with Crippen molar-refractivity contribution in [3.63, 3.8) is 0 Å². The minimum atomic E-state index is -0.138. The SMILES string of the molecule is OC1CCN(c2ccc(Nc3cc4c(cn3)C=CCN4C3CC4CCC3C4)cc2)CC1. The van der Waals surface area contributed by atoms with Crippen LogP contribution in [-0.2, 0) is 0 Å². The number of nitrogens with one attached hydrogen (secondary N) is 1. The van der Waals surface area contributed by atoms with Crippen molar-refractivity contribution >= 4 is 29.0 Å². The first-order valence-corrected chi connectivity index (χ1v) is 12.0. The third-order valence-corrected chi connectivity index (χ3v) is 7.89. The van der Waals surface area contributed by atoms with Crippen molar-refractivity contribution in [3.05, 3.63) is 48.2 Å². The maximum Gasteiger partial charge on any atom is 0.132 e. The van der Waals surface area contributed by atoms with Crippen molar-refractivity contribution < 1.29 is 5.11 Å². The lowest BCUT2D eigenvalue weighted by atomic mass is 9.92. The Morgan fingerprint density at radius 1 is 1.00 bits per heavy atom. The summed E-state index contributed by atoms with van der Waals surface area (Å²) in [4.78, 5) is 9.68. The van der Waals surface area contributed by atoms with Gasteiger partial charge in [0.2, 0.25) is 0 Å². The second-order valence-electron chi connectivity index (χ2n) is 9.82. The van der Waals surface area contributed by atoms with Crippen molar-refractivity contribution in [2.24, 2.45) is 11.8 Å². The second kappa shape index (κ2) is 7.86. The van der Waals surface area contributed by atoms with E-state index in [2.05, 4.69) is 62.6 Å². The van der Waals surface area contributed by atoms with Gasteiger partial charge >= 0.3 is 0 Å². The van der Waals surface area contributed by atoms with Crippen LogP contribution in [0, 0.1) is 11.8 Å². The third kappa shape index (κ3) is 3.69. The molecule has 3 unspecified atom stereocenters. The molecule has 2 N–H and O–H groups in total. The van der Waals surface area contributed by atoms with Crippen molar-refractivity contribution in [1.29, 1.82) is 0 Å². The number of hydrogen-bond donors (Lipinski definition) is 2. The summed E-state index contributed by atoms with van der Waals surface area (Å²) in [5.74, 6) is 2.74. The molecule has 0 spiro atoms. The molecule has 1 aromatic carbocycles. The summed E-state index contributed by atoms with van der Waals surface area (Å²) in [5, 5.41) is 13.2. The molecule has 3 heterocycles. The Bertz CT molecular complexity index is 964. The zero-order chi connectivity index (χ0) is 20.8. The second-order valence-corrected chi connectivity index (χ2v) is 9.82. The molecule has 2 aliphatic heterocycles. The molecule has 5 nitrogen and oxygen atoms in total. The maximum absolute atomic E-state index is 9.73. The molecule has 2 aromatic rings. The number of rotatable bonds is 4. The van der Waals surface area contributed by atoms with Gasteiger partial charge in [0.15, 0.2) is 0 Å². The molecule has 5 heteroatoms. The van der Waals surface area contributed by atoms with E-state index in [1.54, 1.807) is 0 Å². The van der Waals surface area contributed by atoms with E-state index in [4.69, 9.17) is 0 Å². The van der Waals surface area contributed by atoms with Crippen LogP contribution in [0.4, 0.5) is 22.9 Å². The summed E-state index contributed by atoms with van der Waals surface area (Å²) >= 11 is 0. The predicted octanol–water partition coefficient (Wildman–Crippen LogP) is 4.81. The Hall–Kier alpha value is -2.53. The van der Waals surface area contributed by atoms with Crippen LogP contribution in [-0.4, -0.2) is 41.9 Å². The quantitative estimate of drug-likeness (QED) is 0.749. The molecule has 162 valence electrons. The zero-order valence-corrected chi connectivity index (χ0v) is 18.1. The van der Waals surface area contributed by atoms with Crippen LogP contribution >= 0.6 is 0 Å². The largest absolute Gasteiger partial charge is 0.393 e. The van der Waals surface area contributed by atoms with Gasteiger partial charge in [0.1, 0.15) is 5.82 Å². The van der Waals surface area contributed by atoms with E-state index < -0.39 is 0 Å². The standard InChI is InChI=1S/C26H32N4O/c31-23-9-12-29(13-10-23)22-7-5-21(6-8-22)28-26-16-25-20(17-27-26)2-1-11-30(25)24-15-18-3-4-19(24)14-18/h1-2,5-8,16-19,23-24,31H,3-4,9-15H2,(H,27,28). The highest BCUT2D eigenvalue weighted by atomic mass is 16.3. The van der Waals surface area contributed by atoms with E-state index in [0.717, 1.165) is 55.8 Å². The summed E-state index contributed by atoms with van der Waals surface area (Å²) in [6.45, 7) is 2.86. The van der Waals surface area contributed by atoms with Gasteiger partial charge in [-0.25, -0.2) is 4.98 Å². The van der Waals surface area contributed by atoms with Gasteiger partial charge in [-0.3, -0.25) is 0 Å². The van der Waals surface area contributed by atoms with Crippen LogP contribution in [0.2, 0.25) is 0 Å². The van der Waals surface area contributed by atoms with E-state index in [9.17, 15) is 5.11 Å². The molecule has 6 rings (SSSR count). The molecular formula is C26H32N4O. The fourth-order valence-corrected chi connectivity index (χ4v) is 6.23. The van der Waals surface area contributed by atoms with Gasteiger partial charge < -0.3 is 20.2 Å². The summed E-state index contributed by atoms with van der Waals surface area (Å²) in [6.07, 6.45) is 13.7. The molecule has 0 radical (unpaired) electrons. The van der Waals surface area contributed by atoms with Crippen LogP contribution in [0.1, 0.15) is 44.1 Å². The first kappa shape index (κ1) is 19.2. The highest BCUT2D eigenvalue weighted by Gasteiger charge is 2.42. The molecule has 1 saturated heterocycles. The summed E-state index contributed by atoms with van der Waals surface area (Å²) in [7, 11) is 0. The molecule has 0 amide bonds. The predicted molar refractivity (Wildman–Crippen MR) is 127 cm³/mol. The van der Waals surface area contributed by atoms with Crippen LogP contribution in [0.15, 0.2) is 42.6 Å². The summed E-state index contributed by atoms with van der Waals surface area (Å²) in [6, 6.07) is 11.5. The number of pyridine rings is 1. The number of fused-ring (bicyclic) bond motifs is 3. The van der Waals surface area contributed by atoms with Crippen molar-refractivity contribution in [2.75, 3.05) is 34.8 Å². The van der Waals surface area contributed by atoms with E-state index in [-0.39, 0.29) is 6.10 Å². The number of aliphatic hydroxyl groups is 1. The summed E-state index contributed by atoms with van der Waals surface area (Å²) in [5.41, 5.74) is 4.86. The van der Waals surface area contributed by atoms with Crippen molar-refractivity contribution in [2.45, 2.75) is 50.7 Å². The van der Waals surface area contributed by atoms with Gasteiger partial charge in [-0.05, 0) is 68.2 Å². The van der Waals surface area contributed by atoms with Crippen LogP contribution in [0.3, 0.4) is 0 Å². The monoisotopic (exact) mass is 416 g/mol. The topological polar surface area (TPSA) is 51.6 Å². The van der Waals surface area contributed by atoms with Gasteiger partial charge in [-0.1, -0.05) is 18.6 Å². The zero-order valence-electron chi connectivity index (χ0n) is 18.1. The fourth-order valence-electron chi connectivity index (χ4n) is 6.23. The number of hydrogen-bond acceptors (Lipinski definition) is 5. The Balaban J connectivity index is 1.18. The van der Waals surface area contributed by atoms with E-state index >= 15 is 0 Å². The van der Waals surface area contributed by atoms with E-state index in [0.29, 0.717) is 6.04 Å². The number of aromatic nitrogens is 1. The van der Waals surface area contributed by atoms with Crippen LogP contribution in [0.25, 0.3) is 6.08 Å². The van der Waals surface area contributed by atoms with Gasteiger partial charge in [0.25, 0.3) is 0 Å². The highest BCUT2D eigenvalue weighted by Crippen LogP contribution is 2.48. The van der Waals surface area contributed by atoms with Gasteiger partial charge in [0, 0.05) is 60.6 Å². The van der Waals surface area contributed by atoms with Crippen molar-refractivity contribution in [3.8, 4) is 0 Å². The molecule has 2 aliphatic carbocycles. The molecule has 2 bridgehead atoms. The summed E-state index contributed by atoms with van der Waals surface area (Å²) < 4.78 is 0. The highest BCUT2D eigenvalue weighted by molar-refractivity contribution is 5.75. The Labute approximate surface area is 184 Å². The average molecular weight is 417 g/mol. The number of piperidine rings is 1. The Morgan fingerprint density at radius 3 is 2.58 bits per heavy atom. The Morgan fingerprint density at radius 2 is 1.84 bits per heavy atom. The lowest BCUT2D eigenvalue weighted by Crippen LogP contribution is -2.40. The average Bonchev–Trinajstić information content (AvgIpc) is 3.44. The van der Waals surface area contributed by atoms with Crippen molar-refractivity contribution in [1.82, 2.24) is 4.98 Å². The maximum atomic E-state index is 9.73. The third-order valence-electron chi connectivity index (χ3n) is 7.89. The fraction of sp³-hybridized carbons (Fsp3) is 0.500. The van der Waals surface area contributed by atoms with Crippen LogP contribution < -0.4 is 15.1 Å². The number of nitrogens with zero attached hydrogens (tertiary/aromatic N) is 3. The van der Waals surface area contributed by atoms with E-state index in [1.165, 1.54) is 42.6 Å².